The zero-order valence-electron chi connectivity index (χ0n) is 14.4. The highest BCUT2D eigenvalue weighted by molar-refractivity contribution is 7.99. The van der Waals surface area contributed by atoms with Crippen LogP contribution in [0.3, 0.4) is 0 Å². The lowest BCUT2D eigenvalue weighted by Crippen LogP contribution is -2.39. The minimum absolute atomic E-state index is 0.0567. The molecule has 3 aromatic rings. The van der Waals surface area contributed by atoms with Crippen LogP contribution in [-0.2, 0) is 4.79 Å². The maximum absolute atomic E-state index is 12.2. The molecule has 0 aromatic heterocycles. The largest absolute Gasteiger partial charge is 0.496 e. The van der Waals surface area contributed by atoms with Gasteiger partial charge >= 0.3 is 0 Å². The number of hydrogen-bond acceptors (Lipinski definition) is 4. The van der Waals surface area contributed by atoms with Crippen molar-refractivity contribution in [3.05, 3.63) is 84.4 Å². The summed E-state index contributed by atoms with van der Waals surface area (Å²) in [4.78, 5) is 15.5. The Morgan fingerprint density at radius 3 is 2.38 bits per heavy atom. The van der Waals surface area contributed by atoms with Gasteiger partial charge in [-0.15, -0.1) is 11.8 Å². The van der Waals surface area contributed by atoms with Crippen molar-refractivity contribution in [2.45, 2.75) is 16.2 Å². The van der Waals surface area contributed by atoms with E-state index in [-0.39, 0.29) is 11.3 Å². The van der Waals surface area contributed by atoms with E-state index in [1.165, 1.54) is 0 Å². The number of para-hydroxylation sites is 3. The quantitative estimate of drug-likeness (QED) is 0.594. The summed E-state index contributed by atoms with van der Waals surface area (Å²) < 4.78 is 5.57. The molecule has 0 bridgehead atoms. The van der Waals surface area contributed by atoms with Crippen LogP contribution < -0.4 is 9.64 Å². The maximum Gasteiger partial charge on any atom is 0.144 e. The summed E-state index contributed by atoms with van der Waals surface area (Å²) in [5, 5.41) is -0.0567. The van der Waals surface area contributed by atoms with Gasteiger partial charge in [0, 0.05) is 16.1 Å². The van der Waals surface area contributed by atoms with E-state index in [1.54, 1.807) is 18.9 Å². The highest BCUT2D eigenvalue weighted by Crippen LogP contribution is 2.52. The molecule has 0 saturated carbocycles. The Hall–Kier alpha value is -2.72. The van der Waals surface area contributed by atoms with Crippen molar-refractivity contribution in [3.63, 3.8) is 0 Å². The van der Waals surface area contributed by atoms with Crippen molar-refractivity contribution in [1.82, 2.24) is 0 Å². The molecule has 0 saturated heterocycles. The van der Waals surface area contributed by atoms with Gasteiger partial charge in [-0.25, -0.2) is 0 Å². The smallest absolute Gasteiger partial charge is 0.144 e. The number of rotatable bonds is 4. The number of hydrogen-bond donors (Lipinski definition) is 0. The van der Waals surface area contributed by atoms with Gasteiger partial charge in [-0.05, 0) is 30.3 Å². The van der Waals surface area contributed by atoms with E-state index in [0.29, 0.717) is 0 Å². The topological polar surface area (TPSA) is 29.5 Å². The number of fused-ring (bicyclic) bond motifs is 1. The number of aldehydes is 1. The van der Waals surface area contributed by atoms with E-state index in [2.05, 4.69) is 17.0 Å². The Labute approximate surface area is 157 Å². The summed E-state index contributed by atoms with van der Waals surface area (Å²) in [6, 6.07) is 25.9. The molecule has 1 aliphatic heterocycles. The van der Waals surface area contributed by atoms with E-state index in [4.69, 9.17) is 4.74 Å². The van der Waals surface area contributed by atoms with Gasteiger partial charge in [0.25, 0.3) is 0 Å². The van der Waals surface area contributed by atoms with Crippen LogP contribution in [0.15, 0.2) is 83.8 Å². The number of nitrogens with zero attached hydrogens (tertiary/aromatic N) is 1. The van der Waals surface area contributed by atoms with Gasteiger partial charge in [-0.2, -0.15) is 0 Å². The molecule has 0 fully saturated rings. The lowest BCUT2D eigenvalue weighted by Gasteiger charge is -2.41. The normalized spacial score (nSPS) is 18.9. The molecule has 130 valence electrons. The fourth-order valence-electron chi connectivity index (χ4n) is 3.44. The van der Waals surface area contributed by atoms with Crippen LogP contribution in [-0.4, -0.2) is 19.4 Å². The molecule has 0 radical (unpaired) electrons. The van der Waals surface area contributed by atoms with Gasteiger partial charge in [-0.1, -0.05) is 48.5 Å². The summed E-state index contributed by atoms with van der Waals surface area (Å²) in [6.45, 7) is 0. The van der Waals surface area contributed by atoms with Gasteiger partial charge in [0.05, 0.1) is 18.0 Å². The predicted octanol–water partition coefficient (Wildman–Crippen LogP) is 5.25. The summed E-state index contributed by atoms with van der Waals surface area (Å²) in [6.07, 6.45) is 1.05. The van der Waals surface area contributed by atoms with Gasteiger partial charge in [0.1, 0.15) is 18.1 Å². The van der Waals surface area contributed by atoms with Crippen LogP contribution in [0.4, 0.5) is 11.4 Å². The zero-order valence-corrected chi connectivity index (χ0v) is 15.2. The second-order valence-corrected chi connectivity index (χ2v) is 7.26. The van der Waals surface area contributed by atoms with Crippen LogP contribution in [0.25, 0.3) is 0 Å². The molecule has 1 aliphatic rings. The van der Waals surface area contributed by atoms with Crippen molar-refractivity contribution in [2.75, 3.05) is 12.0 Å². The second-order valence-electron chi connectivity index (χ2n) is 6.08. The molecule has 1 heterocycles. The minimum atomic E-state index is -0.325. The third-order valence-electron chi connectivity index (χ3n) is 4.61. The third-order valence-corrected chi connectivity index (χ3v) is 5.99. The van der Waals surface area contributed by atoms with Gasteiger partial charge in [0.15, 0.2) is 0 Å². The molecule has 0 N–H and O–H groups in total. The minimum Gasteiger partial charge on any atom is -0.496 e. The fraction of sp³-hybridized carbons (Fsp3) is 0.136. The van der Waals surface area contributed by atoms with E-state index in [1.807, 2.05) is 66.7 Å². The number of carbonyl (C=O) groups excluding carboxylic acids is 1. The molecular weight excluding hydrogens is 342 g/mol. The van der Waals surface area contributed by atoms with E-state index >= 15 is 0 Å². The average Bonchev–Trinajstić information content (AvgIpc) is 2.72. The van der Waals surface area contributed by atoms with Crippen molar-refractivity contribution in [3.8, 4) is 5.75 Å². The molecule has 3 nitrogen and oxygen atoms in total. The van der Waals surface area contributed by atoms with E-state index in [9.17, 15) is 4.79 Å². The standard InChI is InChI=1S/C22H19NO2S/c1-25-20-13-7-5-11-17(20)22-19(15-24)23(16-9-3-2-4-10-16)18-12-6-8-14-21(18)26-22/h2-15,19,22H,1H3. The maximum atomic E-state index is 12.2. The molecular formula is C22H19NO2S. The van der Waals surface area contributed by atoms with Crippen LogP contribution in [0, 0.1) is 0 Å². The van der Waals surface area contributed by atoms with Crippen molar-refractivity contribution >= 4 is 29.4 Å². The second kappa shape index (κ2) is 7.26. The molecule has 2 atom stereocenters. The summed E-state index contributed by atoms with van der Waals surface area (Å²) in [5.41, 5.74) is 3.11. The van der Waals surface area contributed by atoms with Crippen LogP contribution in [0.2, 0.25) is 0 Å². The first kappa shape index (κ1) is 16.7. The fourth-order valence-corrected chi connectivity index (χ4v) is 4.80. The Morgan fingerprint density at radius 2 is 1.62 bits per heavy atom. The van der Waals surface area contributed by atoms with Crippen LogP contribution >= 0.6 is 11.8 Å². The Morgan fingerprint density at radius 1 is 0.923 bits per heavy atom. The highest BCUT2D eigenvalue weighted by Gasteiger charge is 2.37. The molecule has 26 heavy (non-hydrogen) atoms. The SMILES string of the molecule is COc1ccccc1C1Sc2ccccc2N(c2ccccc2)C1C=O. The molecule has 4 rings (SSSR count). The zero-order chi connectivity index (χ0) is 17.9. The predicted molar refractivity (Wildman–Crippen MR) is 106 cm³/mol. The first-order valence-corrected chi connectivity index (χ1v) is 9.39. The monoisotopic (exact) mass is 361 g/mol. The molecule has 0 amide bonds. The lowest BCUT2D eigenvalue weighted by molar-refractivity contribution is -0.108. The number of benzene rings is 3. The molecule has 2 unspecified atom stereocenters. The first-order valence-electron chi connectivity index (χ1n) is 8.51. The number of methoxy groups -OCH3 is 1. The van der Waals surface area contributed by atoms with Gasteiger partial charge in [0.2, 0.25) is 0 Å². The Kier molecular flexibility index (Phi) is 4.67. The molecule has 0 aliphatic carbocycles. The summed E-state index contributed by atoms with van der Waals surface area (Å²) in [5.74, 6) is 0.809. The Bertz CT molecular complexity index is 913. The number of anilines is 2. The number of thioether (sulfide) groups is 1. The van der Waals surface area contributed by atoms with E-state index in [0.717, 1.165) is 33.9 Å². The Balaban J connectivity index is 1.89. The molecule has 4 heteroatoms. The summed E-state index contributed by atoms with van der Waals surface area (Å²) in [7, 11) is 1.67. The van der Waals surface area contributed by atoms with Crippen molar-refractivity contribution in [2.24, 2.45) is 0 Å². The molecule has 0 spiro atoms. The average molecular weight is 361 g/mol. The summed E-state index contributed by atoms with van der Waals surface area (Å²) >= 11 is 1.72. The first-order chi connectivity index (χ1) is 12.8. The van der Waals surface area contributed by atoms with E-state index < -0.39 is 0 Å². The third kappa shape index (κ3) is 2.86. The van der Waals surface area contributed by atoms with Crippen LogP contribution in [0.5, 0.6) is 5.75 Å². The van der Waals surface area contributed by atoms with Crippen LogP contribution in [0.1, 0.15) is 10.8 Å². The number of ether oxygens (including phenoxy) is 1. The molecule has 3 aromatic carbocycles. The highest BCUT2D eigenvalue weighted by atomic mass is 32.2. The van der Waals surface area contributed by atoms with Gasteiger partial charge in [-0.3, -0.25) is 0 Å². The van der Waals surface area contributed by atoms with Gasteiger partial charge < -0.3 is 14.4 Å². The number of carbonyl (C=O) groups is 1. The lowest BCUT2D eigenvalue weighted by atomic mass is 10.0. The van der Waals surface area contributed by atoms with Crippen molar-refractivity contribution in [1.29, 1.82) is 0 Å². The van der Waals surface area contributed by atoms with Crippen molar-refractivity contribution < 1.29 is 9.53 Å².